The van der Waals surface area contributed by atoms with Crippen LogP contribution in [-0.4, -0.2) is 15.5 Å². The summed E-state index contributed by atoms with van der Waals surface area (Å²) in [6.07, 6.45) is 3.63. The Hall–Kier alpha value is -2.55. The zero-order chi connectivity index (χ0) is 17.3. The van der Waals surface area contributed by atoms with E-state index in [0.717, 1.165) is 15.0 Å². The van der Waals surface area contributed by atoms with Crippen LogP contribution in [0.15, 0.2) is 48.9 Å². The number of aryl methyl sites for hydroxylation is 1. The summed E-state index contributed by atoms with van der Waals surface area (Å²) >= 11 is 2.10. The molecule has 1 amide bonds. The maximum atomic E-state index is 12.4. The quantitative estimate of drug-likeness (QED) is 0.437. The highest BCUT2D eigenvalue weighted by Gasteiger charge is 2.10. The first-order valence-electron chi connectivity index (χ1n) is 7.21. The van der Waals surface area contributed by atoms with Crippen LogP contribution in [0.4, 0.5) is 17.1 Å². The van der Waals surface area contributed by atoms with E-state index < -0.39 is 0 Å². The minimum Gasteiger partial charge on any atom is -0.398 e. The maximum absolute atomic E-state index is 12.4. The molecule has 7 heteroatoms. The lowest BCUT2D eigenvalue weighted by atomic mass is 10.2. The number of imidazole rings is 1. The number of nitrogen functional groups attached to an aromatic ring is 2. The van der Waals surface area contributed by atoms with Gasteiger partial charge >= 0.3 is 0 Å². The molecule has 0 saturated carbocycles. The molecule has 3 rings (SSSR count). The molecule has 6 nitrogen and oxygen atoms in total. The molecule has 0 radical (unpaired) electrons. The molecule has 0 fully saturated rings. The molecule has 1 aromatic heterocycles. The lowest BCUT2D eigenvalue weighted by Gasteiger charge is -2.11. The number of rotatable bonds is 3. The summed E-state index contributed by atoms with van der Waals surface area (Å²) in [5.41, 5.74) is 15.9. The van der Waals surface area contributed by atoms with Gasteiger partial charge in [-0.15, -0.1) is 0 Å². The average molecular weight is 433 g/mol. The van der Waals surface area contributed by atoms with Crippen LogP contribution in [0.3, 0.4) is 0 Å². The van der Waals surface area contributed by atoms with Crippen LogP contribution in [0.25, 0.3) is 5.69 Å². The molecule has 3 aromatic rings. The Morgan fingerprint density at radius 1 is 1.17 bits per heavy atom. The summed E-state index contributed by atoms with van der Waals surface area (Å²) < 4.78 is 2.71. The topological polar surface area (TPSA) is 99.0 Å². The lowest BCUT2D eigenvalue weighted by Crippen LogP contribution is -2.13. The fraction of sp³-hybridized carbons (Fsp3) is 0.0588. The number of halogens is 1. The molecule has 0 aliphatic carbocycles. The summed E-state index contributed by atoms with van der Waals surface area (Å²) in [5, 5.41) is 2.82. The van der Waals surface area contributed by atoms with Crippen molar-refractivity contribution < 1.29 is 4.79 Å². The number of nitrogens with zero attached hydrogens (tertiary/aromatic N) is 2. The molecule has 0 spiro atoms. The van der Waals surface area contributed by atoms with Crippen molar-refractivity contribution in [1.82, 2.24) is 9.55 Å². The van der Waals surface area contributed by atoms with E-state index in [4.69, 9.17) is 11.5 Å². The SMILES string of the molecule is Cc1cn(-c2ccc(NC(=O)c3ccc(N)c(I)c3)c(N)c2)cn1. The molecule has 0 bridgehead atoms. The third-order valence-electron chi connectivity index (χ3n) is 3.56. The first-order valence-corrected chi connectivity index (χ1v) is 8.29. The van der Waals surface area contributed by atoms with Gasteiger partial charge in [-0.3, -0.25) is 4.79 Å². The number of nitrogens with two attached hydrogens (primary N) is 2. The molecular formula is C17H16IN5O. The van der Waals surface area contributed by atoms with E-state index in [-0.39, 0.29) is 5.91 Å². The second-order valence-corrected chi connectivity index (χ2v) is 6.55. The molecular weight excluding hydrogens is 417 g/mol. The van der Waals surface area contributed by atoms with Gasteiger partial charge in [0.05, 0.1) is 23.4 Å². The van der Waals surface area contributed by atoms with Gasteiger partial charge in [0.2, 0.25) is 0 Å². The van der Waals surface area contributed by atoms with E-state index >= 15 is 0 Å². The largest absolute Gasteiger partial charge is 0.398 e. The predicted octanol–water partition coefficient (Wildman–Crippen LogP) is 3.20. The Balaban J connectivity index is 1.82. The Morgan fingerprint density at radius 3 is 2.58 bits per heavy atom. The van der Waals surface area contributed by atoms with E-state index in [0.29, 0.717) is 22.6 Å². The van der Waals surface area contributed by atoms with Crippen LogP contribution in [0.5, 0.6) is 0 Å². The Bertz CT molecular complexity index is 919. The molecule has 0 unspecified atom stereocenters. The van der Waals surface area contributed by atoms with Gasteiger partial charge < -0.3 is 21.4 Å². The highest BCUT2D eigenvalue weighted by Crippen LogP contribution is 2.24. The van der Waals surface area contributed by atoms with Gasteiger partial charge in [-0.2, -0.15) is 0 Å². The van der Waals surface area contributed by atoms with E-state index in [1.165, 1.54) is 0 Å². The molecule has 5 N–H and O–H groups in total. The number of amides is 1. The van der Waals surface area contributed by atoms with Crippen molar-refractivity contribution in [3.63, 3.8) is 0 Å². The fourth-order valence-electron chi connectivity index (χ4n) is 2.25. The Kier molecular flexibility index (Phi) is 4.43. The minimum atomic E-state index is -0.231. The third-order valence-corrected chi connectivity index (χ3v) is 4.49. The van der Waals surface area contributed by atoms with Crippen LogP contribution in [0, 0.1) is 10.5 Å². The van der Waals surface area contributed by atoms with Gasteiger partial charge in [-0.25, -0.2) is 4.98 Å². The number of hydrogen-bond acceptors (Lipinski definition) is 4. The number of nitrogens with one attached hydrogen (secondary N) is 1. The van der Waals surface area contributed by atoms with Crippen LogP contribution < -0.4 is 16.8 Å². The van der Waals surface area contributed by atoms with Crippen molar-refractivity contribution in [3.8, 4) is 5.69 Å². The average Bonchev–Trinajstić information content (AvgIpc) is 2.98. The van der Waals surface area contributed by atoms with Gasteiger partial charge in [0.1, 0.15) is 0 Å². The smallest absolute Gasteiger partial charge is 0.255 e. The first-order chi connectivity index (χ1) is 11.4. The summed E-state index contributed by atoms with van der Waals surface area (Å²) in [7, 11) is 0. The number of anilines is 3. The first kappa shape index (κ1) is 16.3. The van der Waals surface area contributed by atoms with E-state index in [9.17, 15) is 4.79 Å². The molecule has 2 aromatic carbocycles. The predicted molar refractivity (Wildman–Crippen MR) is 104 cm³/mol. The van der Waals surface area contributed by atoms with Gasteiger partial charge in [0, 0.05) is 26.7 Å². The van der Waals surface area contributed by atoms with Crippen molar-refractivity contribution in [2.24, 2.45) is 0 Å². The number of benzene rings is 2. The monoisotopic (exact) mass is 433 g/mol. The summed E-state index contributed by atoms with van der Waals surface area (Å²) in [6, 6.07) is 10.6. The standard InChI is InChI=1S/C17H16IN5O/c1-10-8-23(9-21-10)12-3-5-16(15(20)7-12)22-17(24)11-2-4-14(19)13(18)6-11/h2-9H,19-20H2,1H3,(H,22,24). The number of carbonyl (C=O) groups excluding carboxylic acids is 1. The van der Waals surface area contributed by atoms with Gasteiger partial charge in [-0.05, 0) is 65.9 Å². The summed E-state index contributed by atoms with van der Waals surface area (Å²) in [5.74, 6) is -0.231. The Labute approximate surface area is 153 Å². The fourth-order valence-corrected chi connectivity index (χ4v) is 2.77. The van der Waals surface area contributed by atoms with Gasteiger partial charge in [0.15, 0.2) is 0 Å². The third kappa shape index (κ3) is 3.35. The lowest BCUT2D eigenvalue weighted by molar-refractivity contribution is 0.102. The number of carbonyl (C=O) groups is 1. The Morgan fingerprint density at radius 2 is 1.96 bits per heavy atom. The van der Waals surface area contributed by atoms with Crippen molar-refractivity contribution in [3.05, 3.63) is 63.7 Å². The zero-order valence-electron chi connectivity index (χ0n) is 13.0. The van der Waals surface area contributed by atoms with Gasteiger partial charge in [0.25, 0.3) is 5.91 Å². The molecule has 0 aliphatic heterocycles. The molecule has 0 aliphatic rings. The highest BCUT2D eigenvalue weighted by molar-refractivity contribution is 14.1. The summed E-state index contributed by atoms with van der Waals surface area (Å²) in [4.78, 5) is 16.6. The minimum absolute atomic E-state index is 0.231. The molecule has 122 valence electrons. The molecule has 0 saturated heterocycles. The molecule has 1 heterocycles. The van der Waals surface area contributed by atoms with Crippen molar-refractivity contribution in [2.75, 3.05) is 16.8 Å². The van der Waals surface area contributed by atoms with E-state index in [1.807, 2.05) is 23.8 Å². The van der Waals surface area contributed by atoms with E-state index in [1.54, 1.807) is 36.7 Å². The van der Waals surface area contributed by atoms with Crippen LogP contribution in [0.1, 0.15) is 16.1 Å². The van der Waals surface area contributed by atoms with Crippen molar-refractivity contribution >= 4 is 45.6 Å². The van der Waals surface area contributed by atoms with E-state index in [2.05, 4.69) is 32.9 Å². The molecule has 24 heavy (non-hydrogen) atoms. The second kappa shape index (κ2) is 6.52. The summed E-state index contributed by atoms with van der Waals surface area (Å²) in [6.45, 7) is 1.92. The van der Waals surface area contributed by atoms with Crippen molar-refractivity contribution in [2.45, 2.75) is 6.92 Å². The van der Waals surface area contributed by atoms with Crippen LogP contribution in [-0.2, 0) is 0 Å². The molecule has 0 atom stereocenters. The van der Waals surface area contributed by atoms with Crippen LogP contribution >= 0.6 is 22.6 Å². The van der Waals surface area contributed by atoms with Crippen molar-refractivity contribution in [1.29, 1.82) is 0 Å². The highest BCUT2D eigenvalue weighted by atomic mass is 127. The number of hydrogen-bond donors (Lipinski definition) is 3. The number of aromatic nitrogens is 2. The normalized spacial score (nSPS) is 10.6. The van der Waals surface area contributed by atoms with Gasteiger partial charge in [-0.1, -0.05) is 0 Å². The maximum Gasteiger partial charge on any atom is 0.255 e. The second-order valence-electron chi connectivity index (χ2n) is 5.38. The van der Waals surface area contributed by atoms with Crippen LogP contribution in [0.2, 0.25) is 0 Å². The zero-order valence-corrected chi connectivity index (χ0v) is 15.1.